The molecule has 0 fully saturated rings. The molecule has 0 unspecified atom stereocenters. The molecule has 0 heterocycles. The molecule has 0 rings (SSSR count). The zero-order chi connectivity index (χ0) is 8.15. The summed E-state index contributed by atoms with van der Waals surface area (Å²) < 4.78 is 0. The largest absolute Gasteiger partial charge is 0.364 e. The molecule has 0 spiro atoms. The lowest BCUT2D eigenvalue weighted by Crippen LogP contribution is -2.20. The summed E-state index contributed by atoms with van der Waals surface area (Å²) in [5.41, 5.74) is 4.73. The highest BCUT2D eigenvalue weighted by Gasteiger charge is 1.96. The molecule has 0 aromatic rings. The topological polar surface area (TPSA) is 90.8 Å². The molecule has 0 atom stereocenters. The van der Waals surface area contributed by atoms with Crippen LogP contribution in [0.3, 0.4) is 0 Å². The van der Waals surface area contributed by atoms with Gasteiger partial charge in [0.25, 0.3) is 5.91 Å². The van der Waals surface area contributed by atoms with Gasteiger partial charge in [0.05, 0.1) is 0 Å². The van der Waals surface area contributed by atoms with Gasteiger partial charge in [0.2, 0.25) is 0 Å². The van der Waals surface area contributed by atoms with Crippen LogP contribution in [0.15, 0.2) is 12.2 Å². The Morgan fingerprint density at radius 1 is 1.40 bits per heavy atom. The number of carbonyl (C=O) groups is 1. The zero-order valence-electron chi connectivity index (χ0n) is 5.64. The number of hydrogen-bond donors (Lipinski definition) is 3. The number of amides is 1. The van der Waals surface area contributed by atoms with Crippen LogP contribution < -0.4 is 5.73 Å². The maximum atomic E-state index is 10.2. The first-order chi connectivity index (χ1) is 4.54. The van der Waals surface area contributed by atoms with Crippen LogP contribution in [0.2, 0.25) is 0 Å². The van der Waals surface area contributed by atoms with Gasteiger partial charge in [-0.05, 0) is 19.1 Å². The SMILES string of the molecule is CC(=N)/C=C\C(=N)C(N)=O. The predicted molar refractivity (Wildman–Crippen MR) is 39.5 cm³/mol. The van der Waals surface area contributed by atoms with Crippen LogP contribution in [-0.2, 0) is 4.79 Å². The standard InChI is InChI=1S/C6H9N3O/c1-4(7)2-3-5(8)6(9)10/h2-3,7-8H,1H3,(H2,9,10)/b3-2-,7-4?,8-5?. The minimum absolute atomic E-state index is 0.283. The van der Waals surface area contributed by atoms with Crippen molar-refractivity contribution in [3.63, 3.8) is 0 Å². The molecule has 10 heavy (non-hydrogen) atoms. The van der Waals surface area contributed by atoms with Crippen molar-refractivity contribution in [2.75, 3.05) is 0 Å². The third-order valence-electron chi connectivity index (χ3n) is 0.765. The number of allylic oxidation sites excluding steroid dienone is 1. The Bertz CT molecular complexity index is 205. The third kappa shape index (κ3) is 3.54. The van der Waals surface area contributed by atoms with E-state index in [-0.39, 0.29) is 11.4 Å². The summed E-state index contributed by atoms with van der Waals surface area (Å²) in [5, 5.41) is 13.8. The van der Waals surface area contributed by atoms with E-state index >= 15 is 0 Å². The van der Waals surface area contributed by atoms with Crippen molar-refractivity contribution in [3.8, 4) is 0 Å². The average Bonchev–Trinajstić information content (AvgIpc) is 1.82. The van der Waals surface area contributed by atoms with E-state index in [0.717, 1.165) is 0 Å². The van der Waals surface area contributed by atoms with Crippen molar-refractivity contribution in [3.05, 3.63) is 12.2 Å². The molecule has 1 amide bonds. The van der Waals surface area contributed by atoms with E-state index in [0.29, 0.717) is 0 Å². The average molecular weight is 139 g/mol. The normalized spacial score (nSPS) is 9.70. The van der Waals surface area contributed by atoms with E-state index < -0.39 is 5.91 Å². The van der Waals surface area contributed by atoms with Gasteiger partial charge < -0.3 is 11.1 Å². The summed E-state index contributed by atoms with van der Waals surface area (Å²) in [6, 6.07) is 0. The molecule has 0 radical (unpaired) electrons. The van der Waals surface area contributed by atoms with Gasteiger partial charge in [0, 0.05) is 5.71 Å². The van der Waals surface area contributed by atoms with Crippen LogP contribution in [0.4, 0.5) is 0 Å². The molecular weight excluding hydrogens is 130 g/mol. The fourth-order valence-electron chi connectivity index (χ4n) is 0.290. The minimum Gasteiger partial charge on any atom is -0.364 e. The van der Waals surface area contributed by atoms with Gasteiger partial charge in [0.15, 0.2) is 0 Å². The zero-order valence-corrected chi connectivity index (χ0v) is 5.64. The van der Waals surface area contributed by atoms with Gasteiger partial charge in [0.1, 0.15) is 5.71 Å². The van der Waals surface area contributed by atoms with Crippen LogP contribution >= 0.6 is 0 Å². The van der Waals surface area contributed by atoms with Crippen LogP contribution in [0.25, 0.3) is 0 Å². The summed E-state index contributed by atoms with van der Waals surface area (Å²) in [7, 11) is 0. The number of nitrogens with one attached hydrogen (secondary N) is 2. The second kappa shape index (κ2) is 3.55. The van der Waals surface area contributed by atoms with Gasteiger partial charge in [-0.3, -0.25) is 10.2 Å². The maximum Gasteiger partial charge on any atom is 0.266 e. The predicted octanol–water partition coefficient (Wildman–Crippen LogP) is 0.0873. The summed E-state index contributed by atoms with van der Waals surface area (Å²) in [4.78, 5) is 10.2. The van der Waals surface area contributed by atoms with Gasteiger partial charge in [-0.1, -0.05) is 0 Å². The molecule has 0 aromatic heterocycles. The van der Waals surface area contributed by atoms with Crippen LogP contribution in [-0.4, -0.2) is 17.3 Å². The third-order valence-corrected chi connectivity index (χ3v) is 0.765. The number of primary amides is 1. The van der Waals surface area contributed by atoms with E-state index in [4.69, 9.17) is 16.6 Å². The minimum atomic E-state index is -0.780. The second-order valence-corrected chi connectivity index (χ2v) is 1.79. The van der Waals surface area contributed by atoms with Gasteiger partial charge in [-0.2, -0.15) is 0 Å². The Morgan fingerprint density at radius 3 is 2.20 bits per heavy atom. The molecule has 0 aliphatic carbocycles. The van der Waals surface area contributed by atoms with E-state index in [9.17, 15) is 4.79 Å². The molecule has 0 aliphatic heterocycles. The van der Waals surface area contributed by atoms with E-state index in [2.05, 4.69) is 0 Å². The first-order valence-electron chi connectivity index (χ1n) is 2.65. The smallest absolute Gasteiger partial charge is 0.266 e. The van der Waals surface area contributed by atoms with Gasteiger partial charge >= 0.3 is 0 Å². The molecule has 0 aliphatic rings. The number of carbonyl (C=O) groups excluding carboxylic acids is 1. The molecule has 0 bridgehead atoms. The van der Waals surface area contributed by atoms with Gasteiger partial charge in [-0.25, -0.2) is 0 Å². The van der Waals surface area contributed by atoms with E-state index in [1.54, 1.807) is 6.92 Å². The quantitative estimate of drug-likeness (QED) is 0.475. The molecule has 0 saturated heterocycles. The number of nitrogens with two attached hydrogens (primary N) is 1. The molecular formula is C6H9N3O. The lowest BCUT2D eigenvalue weighted by molar-refractivity contribution is -0.111. The first kappa shape index (κ1) is 8.55. The molecule has 4 heteroatoms. The number of rotatable bonds is 3. The van der Waals surface area contributed by atoms with Crippen molar-refractivity contribution >= 4 is 17.3 Å². The van der Waals surface area contributed by atoms with Crippen molar-refractivity contribution in [2.45, 2.75) is 6.92 Å². The van der Waals surface area contributed by atoms with E-state index in [1.807, 2.05) is 0 Å². The summed E-state index contributed by atoms with van der Waals surface area (Å²) in [6.07, 6.45) is 2.54. The summed E-state index contributed by atoms with van der Waals surface area (Å²) in [5.74, 6) is -0.780. The molecule has 0 aromatic carbocycles. The summed E-state index contributed by atoms with van der Waals surface area (Å²) >= 11 is 0. The Kier molecular flexibility index (Phi) is 3.04. The molecule has 54 valence electrons. The lowest BCUT2D eigenvalue weighted by atomic mass is 10.3. The Morgan fingerprint density at radius 2 is 1.90 bits per heavy atom. The van der Waals surface area contributed by atoms with E-state index in [1.165, 1.54) is 12.2 Å². The lowest BCUT2D eigenvalue weighted by Gasteiger charge is -1.86. The van der Waals surface area contributed by atoms with Crippen LogP contribution in [0.5, 0.6) is 0 Å². The monoisotopic (exact) mass is 139 g/mol. The Labute approximate surface area is 58.7 Å². The van der Waals surface area contributed by atoms with Crippen molar-refractivity contribution in [1.29, 1.82) is 10.8 Å². The van der Waals surface area contributed by atoms with Crippen LogP contribution in [0, 0.1) is 10.8 Å². The molecule has 4 nitrogen and oxygen atoms in total. The molecule has 4 N–H and O–H groups in total. The molecule has 0 saturated carbocycles. The highest BCUT2D eigenvalue weighted by atomic mass is 16.1. The first-order valence-corrected chi connectivity index (χ1v) is 2.65. The van der Waals surface area contributed by atoms with Crippen LogP contribution in [0.1, 0.15) is 6.92 Å². The van der Waals surface area contributed by atoms with Crippen molar-refractivity contribution in [2.24, 2.45) is 5.73 Å². The fraction of sp³-hybridized carbons (Fsp3) is 0.167. The Hall–Kier alpha value is -1.45. The fourth-order valence-corrected chi connectivity index (χ4v) is 0.290. The van der Waals surface area contributed by atoms with Gasteiger partial charge in [-0.15, -0.1) is 0 Å². The number of hydrogen-bond acceptors (Lipinski definition) is 3. The summed E-state index contributed by atoms with van der Waals surface area (Å²) in [6.45, 7) is 1.55. The van der Waals surface area contributed by atoms with Crippen molar-refractivity contribution in [1.82, 2.24) is 0 Å². The maximum absolute atomic E-state index is 10.2. The highest BCUT2D eigenvalue weighted by Crippen LogP contribution is 1.78. The second-order valence-electron chi connectivity index (χ2n) is 1.79. The Balaban J connectivity index is 4.03. The van der Waals surface area contributed by atoms with Crippen molar-refractivity contribution < 1.29 is 4.79 Å². The highest BCUT2D eigenvalue weighted by molar-refractivity contribution is 6.41.